The zero-order valence-electron chi connectivity index (χ0n) is 12.2. The first-order valence-electron chi connectivity index (χ1n) is 6.93. The minimum absolute atomic E-state index is 0.0405. The number of benzene rings is 1. The fourth-order valence-electron chi connectivity index (χ4n) is 2.21. The summed E-state index contributed by atoms with van der Waals surface area (Å²) in [6.07, 6.45) is 2.93. The van der Waals surface area contributed by atoms with Crippen LogP contribution in [0.4, 0.5) is 0 Å². The quantitative estimate of drug-likeness (QED) is 0.905. The third kappa shape index (κ3) is 3.78. The Labute approximate surface area is 123 Å². The molecule has 21 heavy (non-hydrogen) atoms. The number of nitrogens with one attached hydrogen (secondary N) is 1. The lowest BCUT2D eigenvalue weighted by atomic mass is 9.96. The molecular weight excluding hydrogens is 266 g/mol. The zero-order valence-corrected chi connectivity index (χ0v) is 12.2. The predicted molar refractivity (Wildman–Crippen MR) is 81.1 cm³/mol. The Morgan fingerprint density at radius 2 is 2.10 bits per heavy atom. The topological polar surface area (TPSA) is 64.0 Å². The number of rotatable bonds is 5. The monoisotopic (exact) mass is 285 g/mol. The number of carbonyl (C=O) groups excluding carboxylic acids is 1. The van der Waals surface area contributed by atoms with E-state index >= 15 is 0 Å². The smallest absolute Gasteiger partial charge is 0.253 e. The van der Waals surface area contributed by atoms with Gasteiger partial charge in [0.05, 0.1) is 12.2 Å². The van der Waals surface area contributed by atoms with Crippen LogP contribution in [0, 0.1) is 6.92 Å². The van der Waals surface area contributed by atoms with Gasteiger partial charge in [0, 0.05) is 25.4 Å². The van der Waals surface area contributed by atoms with E-state index in [0.29, 0.717) is 13.1 Å². The van der Waals surface area contributed by atoms with Crippen LogP contribution in [0.2, 0.25) is 0 Å². The van der Waals surface area contributed by atoms with Gasteiger partial charge >= 0.3 is 0 Å². The highest BCUT2D eigenvalue weighted by Gasteiger charge is 2.16. The maximum absolute atomic E-state index is 12.2. The Morgan fingerprint density at radius 3 is 2.81 bits per heavy atom. The number of nitrogens with zero attached hydrogens (tertiary/aromatic N) is 2. The Kier molecular flexibility index (Phi) is 4.87. The normalized spacial score (nSPS) is 11.9. The Bertz CT molecular complexity index is 679. The van der Waals surface area contributed by atoms with Crippen molar-refractivity contribution >= 4 is 5.91 Å². The van der Waals surface area contributed by atoms with Crippen LogP contribution >= 0.6 is 0 Å². The summed E-state index contributed by atoms with van der Waals surface area (Å²) in [5.41, 5.74) is 2.00. The van der Waals surface area contributed by atoms with Crippen molar-refractivity contribution < 1.29 is 4.79 Å². The molecule has 1 N–H and O–H groups in total. The highest BCUT2D eigenvalue weighted by Crippen LogP contribution is 2.18. The third-order valence-electron chi connectivity index (χ3n) is 3.49. The molecule has 0 aliphatic carbocycles. The fraction of sp³-hybridized carbons (Fsp3) is 0.312. The molecule has 1 amide bonds. The molecule has 1 aromatic heterocycles. The first kappa shape index (κ1) is 15.0. The van der Waals surface area contributed by atoms with E-state index in [1.54, 1.807) is 0 Å². The lowest BCUT2D eigenvalue weighted by Crippen LogP contribution is -2.33. The average Bonchev–Trinajstić information content (AvgIpc) is 2.49. The minimum Gasteiger partial charge on any atom is -0.354 e. The van der Waals surface area contributed by atoms with Gasteiger partial charge < -0.3 is 5.32 Å². The van der Waals surface area contributed by atoms with Gasteiger partial charge in [0.2, 0.25) is 5.91 Å². The lowest BCUT2D eigenvalue weighted by molar-refractivity contribution is -0.122. The summed E-state index contributed by atoms with van der Waals surface area (Å²) >= 11 is 0. The van der Waals surface area contributed by atoms with Crippen LogP contribution in [-0.2, 0) is 11.3 Å². The highest BCUT2D eigenvalue weighted by atomic mass is 16.2. The first-order valence-corrected chi connectivity index (χ1v) is 6.93. The molecule has 0 aliphatic heterocycles. The minimum atomic E-state index is -0.211. The number of carbonyl (C=O) groups is 1. The van der Waals surface area contributed by atoms with Crippen LogP contribution in [0.25, 0.3) is 0 Å². The molecule has 5 nitrogen and oxygen atoms in total. The summed E-state index contributed by atoms with van der Waals surface area (Å²) in [6.45, 7) is 4.70. The molecule has 0 saturated heterocycles. The molecule has 2 aromatic rings. The van der Waals surface area contributed by atoms with Gasteiger partial charge in [-0.2, -0.15) is 0 Å². The summed E-state index contributed by atoms with van der Waals surface area (Å²) in [5.74, 6) is -0.252. The first-order chi connectivity index (χ1) is 10.1. The van der Waals surface area contributed by atoms with Crippen molar-refractivity contribution in [2.45, 2.75) is 26.3 Å². The van der Waals surface area contributed by atoms with E-state index in [2.05, 4.69) is 10.3 Å². The number of aromatic nitrogens is 2. The van der Waals surface area contributed by atoms with Crippen molar-refractivity contribution in [1.82, 2.24) is 14.9 Å². The van der Waals surface area contributed by atoms with Gasteiger partial charge in [0.25, 0.3) is 5.56 Å². The second-order valence-electron chi connectivity index (χ2n) is 4.98. The van der Waals surface area contributed by atoms with Gasteiger partial charge in [-0.3, -0.25) is 14.2 Å². The second-order valence-corrected chi connectivity index (χ2v) is 4.98. The number of amides is 1. The molecule has 0 fully saturated rings. The number of hydrogen-bond acceptors (Lipinski definition) is 3. The van der Waals surface area contributed by atoms with E-state index in [0.717, 1.165) is 11.1 Å². The molecular formula is C16H19N3O2. The van der Waals surface area contributed by atoms with Crippen LogP contribution in [0.1, 0.15) is 24.0 Å². The van der Waals surface area contributed by atoms with Crippen LogP contribution in [0.5, 0.6) is 0 Å². The molecule has 0 aliphatic rings. The van der Waals surface area contributed by atoms with Crippen molar-refractivity contribution in [3.05, 3.63) is 64.3 Å². The van der Waals surface area contributed by atoms with Crippen LogP contribution < -0.4 is 10.9 Å². The summed E-state index contributed by atoms with van der Waals surface area (Å²) in [7, 11) is 0. The van der Waals surface area contributed by atoms with E-state index in [9.17, 15) is 9.59 Å². The maximum Gasteiger partial charge on any atom is 0.253 e. The summed E-state index contributed by atoms with van der Waals surface area (Å²) < 4.78 is 1.47. The molecule has 110 valence electrons. The van der Waals surface area contributed by atoms with Crippen molar-refractivity contribution in [3.63, 3.8) is 0 Å². The summed E-state index contributed by atoms with van der Waals surface area (Å²) in [4.78, 5) is 27.5. The van der Waals surface area contributed by atoms with Crippen LogP contribution in [0.3, 0.4) is 0 Å². The lowest BCUT2D eigenvalue weighted by Gasteiger charge is -2.15. The SMILES string of the molecule is Cc1ccccc1C(C)C(=O)NCCn1cnccc1=O. The Hall–Kier alpha value is -2.43. The van der Waals surface area contributed by atoms with Crippen molar-refractivity contribution in [2.75, 3.05) is 6.54 Å². The van der Waals surface area contributed by atoms with E-state index in [1.807, 2.05) is 38.1 Å². The average molecular weight is 285 g/mol. The molecule has 0 saturated carbocycles. The van der Waals surface area contributed by atoms with Gasteiger partial charge in [0.1, 0.15) is 0 Å². The van der Waals surface area contributed by atoms with Crippen molar-refractivity contribution in [2.24, 2.45) is 0 Å². The molecule has 1 unspecified atom stereocenters. The molecule has 1 heterocycles. The highest BCUT2D eigenvalue weighted by molar-refractivity contribution is 5.83. The number of aryl methyl sites for hydroxylation is 1. The summed E-state index contributed by atoms with van der Waals surface area (Å²) in [6, 6.07) is 9.25. The van der Waals surface area contributed by atoms with Crippen LogP contribution in [0.15, 0.2) is 47.7 Å². The molecule has 1 atom stereocenters. The van der Waals surface area contributed by atoms with Gasteiger partial charge in [-0.05, 0) is 25.0 Å². The van der Waals surface area contributed by atoms with Crippen molar-refractivity contribution in [3.8, 4) is 0 Å². The molecule has 0 spiro atoms. The standard InChI is InChI=1S/C16H19N3O2/c1-12-5-3-4-6-14(12)13(2)16(21)18-9-10-19-11-17-8-7-15(19)20/h3-8,11,13H,9-10H2,1-2H3,(H,18,21). The summed E-state index contributed by atoms with van der Waals surface area (Å²) in [5, 5.41) is 2.86. The zero-order chi connectivity index (χ0) is 15.2. The molecule has 1 aromatic carbocycles. The van der Waals surface area contributed by atoms with Crippen LogP contribution in [-0.4, -0.2) is 22.0 Å². The van der Waals surface area contributed by atoms with Crippen molar-refractivity contribution in [1.29, 1.82) is 0 Å². The van der Waals surface area contributed by atoms with E-state index in [1.165, 1.54) is 23.2 Å². The van der Waals surface area contributed by atoms with Gasteiger partial charge in [-0.25, -0.2) is 4.98 Å². The molecule has 0 bridgehead atoms. The molecule has 0 radical (unpaired) electrons. The van der Waals surface area contributed by atoms with E-state index < -0.39 is 0 Å². The largest absolute Gasteiger partial charge is 0.354 e. The van der Waals surface area contributed by atoms with Gasteiger partial charge in [0.15, 0.2) is 0 Å². The fourth-order valence-corrected chi connectivity index (χ4v) is 2.21. The second kappa shape index (κ2) is 6.83. The Balaban J connectivity index is 1.92. The number of hydrogen-bond donors (Lipinski definition) is 1. The predicted octanol–water partition coefficient (Wildman–Crippen LogP) is 1.47. The molecule has 5 heteroatoms. The van der Waals surface area contributed by atoms with Gasteiger partial charge in [-0.1, -0.05) is 24.3 Å². The Morgan fingerprint density at radius 1 is 1.33 bits per heavy atom. The molecule has 2 rings (SSSR count). The van der Waals surface area contributed by atoms with E-state index in [4.69, 9.17) is 0 Å². The maximum atomic E-state index is 12.2. The van der Waals surface area contributed by atoms with Gasteiger partial charge in [-0.15, -0.1) is 0 Å². The third-order valence-corrected chi connectivity index (χ3v) is 3.49. The van der Waals surface area contributed by atoms with E-state index in [-0.39, 0.29) is 17.4 Å².